The third-order valence-corrected chi connectivity index (χ3v) is 4.17. The molecule has 1 aromatic heterocycles. The molecule has 1 heterocycles. The lowest BCUT2D eigenvalue weighted by molar-refractivity contribution is 0.294. The van der Waals surface area contributed by atoms with Crippen molar-refractivity contribution in [3.05, 3.63) is 24.0 Å². The molecule has 21 heavy (non-hydrogen) atoms. The Hall–Kier alpha value is -1.22. The molecule has 0 saturated carbocycles. The normalized spacial score (nSPS) is 12.0. The van der Waals surface area contributed by atoms with Crippen molar-refractivity contribution < 1.29 is 4.74 Å². The van der Waals surface area contributed by atoms with Crippen LogP contribution in [0.3, 0.4) is 0 Å². The minimum atomic E-state index is 0.232. The molecule has 116 valence electrons. The van der Waals surface area contributed by atoms with Crippen LogP contribution in [-0.2, 0) is 13.0 Å². The summed E-state index contributed by atoms with van der Waals surface area (Å²) in [6.07, 6.45) is 1.90. The van der Waals surface area contributed by atoms with E-state index in [1.54, 1.807) is 0 Å². The monoisotopic (exact) mass is 308 g/mol. The number of rotatable bonds is 7. The Morgan fingerprint density at radius 3 is 2.67 bits per heavy atom. The van der Waals surface area contributed by atoms with Crippen LogP contribution in [0, 0.1) is 5.41 Å². The van der Waals surface area contributed by atoms with E-state index >= 15 is 0 Å². The van der Waals surface area contributed by atoms with Gasteiger partial charge in [-0.05, 0) is 30.9 Å². The molecule has 2 rings (SSSR count). The summed E-state index contributed by atoms with van der Waals surface area (Å²) in [5.41, 5.74) is 2.32. The van der Waals surface area contributed by atoms with Gasteiger partial charge in [0.15, 0.2) is 0 Å². The van der Waals surface area contributed by atoms with Gasteiger partial charge >= 0.3 is 0 Å². The Bertz CT molecular complexity index is 604. The number of fused-ring (bicyclic) bond motifs is 1. The molecule has 0 saturated heterocycles. The molecular formula is C17H25ClN2O. The highest BCUT2D eigenvalue weighted by Gasteiger charge is 2.21. The van der Waals surface area contributed by atoms with E-state index < -0.39 is 0 Å². The second-order valence-corrected chi connectivity index (χ2v) is 6.51. The van der Waals surface area contributed by atoms with Crippen molar-refractivity contribution in [1.29, 1.82) is 0 Å². The molecule has 3 nitrogen and oxygen atoms in total. The number of aryl methyl sites for hydroxylation is 1. The minimum Gasteiger partial charge on any atom is -0.492 e. The van der Waals surface area contributed by atoms with Crippen LogP contribution >= 0.6 is 11.6 Å². The number of halogens is 1. The van der Waals surface area contributed by atoms with Crippen molar-refractivity contribution in [2.45, 2.75) is 47.1 Å². The molecule has 0 N–H and O–H groups in total. The zero-order valence-electron chi connectivity index (χ0n) is 13.4. The smallest absolute Gasteiger partial charge is 0.147 e. The molecule has 1 aromatic carbocycles. The second kappa shape index (κ2) is 6.69. The Morgan fingerprint density at radius 1 is 1.29 bits per heavy atom. The first-order valence-electron chi connectivity index (χ1n) is 7.69. The van der Waals surface area contributed by atoms with E-state index in [1.165, 1.54) is 0 Å². The van der Waals surface area contributed by atoms with Crippen LogP contribution in [0.25, 0.3) is 11.0 Å². The number of alkyl halides is 1. The number of hydrogen-bond donors (Lipinski definition) is 0. The topological polar surface area (TPSA) is 27.1 Å². The van der Waals surface area contributed by atoms with E-state index in [0.29, 0.717) is 12.5 Å². The van der Waals surface area contributed by atoms with Gasteiger partial charge in [0.1, 0.15) is 17.1 Å². The van der Waals surface area contributed by atoms with Gasteiger partial charge in [-0.2, -0.15) is 0 Å². The number of hydrogen-bond acceptors (Lipinski definition) is 2. The van der Waals surface area contributed by atoms with Gasteiger partial charge in [0.25, 0.3) is 0 Å². The van der Waals surface area contributed by atoms with E-state index in [-0.39, 0.29) is 5.41 Å². The fourth-order valence-corrected chi connectivity index (χ4v) is 2.60. The van der Waals surface area contributed by atoms with E-state index in [9.17, 15) is 0 Å². The summed E-state index contributed by atoms with van der Waals surface area (Å²) in [5, 5.41) is 0. The fraction of sp³-hybridized carbons (Fsp3) is 0.588. The first-order valence-corrected chi connectivity index (χ1v) is 8.22. The van der Waals surface area contributed by atoms with Crippen molar-refractivity contribution in [2.75, 3.05) is 12.5 Å². The lowest BCUT2D eigenvalue weighted by Gasteiger charge is -2.24. The summed E-state index contributed by atoms with van der Waals surface area (Å²) in [6.45, 7) is 10.4. The average molecular weight is 309 g/mol. The Morgan fingerprint density at radius 2 is 2.05 bits per heavy atom. The van der Waals surface area contributed by atoms with E-state index in [4.69, 9.17) is 21.3 Å². The predicted octanol–water partition coefficient (Wildman–Crippen LogP) is 4.65. The van der Waals surface area contributed by atoms with Gasteiger partial charge in [-0.15, -0.1) is 11.6 Å². The standard InChI is InChI=1S/C17H25ClN2O/c1-5-17(3,4)12-20-13-8-7-9-14(21-6-2)16(13)19-15(20)10-11-18/h7-9H,5-6,10-12H2,1-4H3. The van der Waals surface area contributed by atoms with Crippen LogP contribution in [-0.4, -0.2) is 22.0 Å². The molecule has 0 radical (unpaired) electrons. The number of nitrogens with zero attached hydrogens (tertiary/aromatic N) is 2. The van der Waals surface area contributed by atoms with E-state index in [0.717, 1.165) is 42.0 Å². The van der Waals surface area contributed by atoms with E-state index in [1.807, 2.05) is 19.1 Å². The van der Waals surface area contributed by atoms with Crippen LogP contribution in [0.5, 0.6) is 5.75 Å². The first-order chi connectivity index (χ1) is 10.0. The molecule has 2 aromatic rings. The Balaban J connectivity index is 2.55. The summed E-state index contributed by atoms with van der Waals surface area (Å²) in [7, 11) is 0. The van der Waals surface area contributed by atoms with Crippen molar-refractivity contribution in [2.24, 2.45) is 5.41 Å². The molecular weight excluding hydrogens is 284 g/mol. The van der Waals surface area contributed by atoms with Gasteiger partial charge in [-0.25, -0.2) is 4.98 Å². The summed E-state index contributed by atoms with van der Waals surface area (Å²) >= 11 is 5.96. The maximum Gasteiger partial charge on any atom is 0.147 e. The molecule has 0 unspecified atom stereocenters. The third-order valence-electron chi connectivity index (χ3n) is 3.98. The molecule has 0 fully saturated rings. The van der Waals surface area contributed by atoms with Gasteiger partial charge in [0.05, 0.1) is 12.1 Å². The summed E-state index contributed by atoms with van der Waals surface area (Å²) in [4.78, 5) is 4.79. The number of aromatic nitrogens is 2. The summed E-state index contributed by atoms with van der Waals surface area (Å²) in [6, 6.07) is 6.14. The van der Waals surface area contributed by atoms with E-state index in [2.05, 4.69) is 31.4 Å². The van der Waals surface area contributed by atoms with Crippen LogP contribution in [0.4, 0.5) is 0 Å². The number of ether oxygens (including phenoxy) is 1. The molecule has 0 amide bonds. The van der Waals surface area contributed by atoms with Crippen molar-refractivity contribution in [1.82, 2.24) is 9.55 Å². The fourth-order valence-electron chi connectivity index (χ4n) is 2.43. The Kier molecular flexibility index (Phi) is 5.15. The highest BCUT2D eigenvalue weighted by atomic mass is 35.5. The first kappa shape index (κ1) is 16.2. The predicted molar refractivity (Wildman–Crippen MR) is 89.4 cm³/mol. The van der Waals surface area contributed by atoms with Crippen molar-refractivity contribution in [3.63, 3.8) is 0 Å². The molecule has 0 aliphatic heterocycles. The van der Waals surface area contributed by atoms with Crippen molar-refractivity contribution in [3.8, 4) is 5.75 Å². The Labute approximate surface area is 132 Å². The van der Waals surface area contributed by atoms with Gasteiger partial charge in [-0.1, -0.05) is 26.8 Å². The van der Waals surface area contributed by atoms with Crippen molar-refractivity contribution >= 4 is 22.6 Å². The van der Waals surface area contributed by atoms with Gasteiger partial charge in [0.2, 0.25) is 0 Å². The van der Waals surface area contributed by atoms with Crippen LogP contribution in [0.2, 0.25) is 0 Å². The zero-order chi connectivity index (χ0) is 15.5. The largest absolute Gasteiger partial charge is 0.492 e. The van der Waals surface area contributed by atoms with Gasteiger partial charge in [-0.3, -0.25) is 0 Å². The van der Waals surface area contributed by atoms with Crippen LogP contribution < -0.4 is 4.74 Å². The number of benzene rings is 1. The van der Waals surface area contributed by atoms with Gasteiger partial charge < -0.3 is 9.30 Å². The van der Waals surface area contributed by atoms with Crippen LogP contribution in [0.15, 0.2) is 18.2 Å². The second-order valence-electron chi connectivity index (χ2n) is 6.13. The zero-order valence-corrected chi connectivity index (χ0v) is 14.2. The van der Waals surface area contributed by atoms with Gasteiger partial charge in [0, 0.05) is 18.8 Å². The molecule has 4 heteroatoms. The SMILES string of the molecule is CCOc1cccc2c1nc(CCCl)n2CC(C)(C)CC. The highest BCUT2D eigenvalue weighted by molar-refractivity contribution is 6.17. The maximum absolute atomic E-state index is 5.96. The van der Waals surface area contributed by atoms with Crippen LogP contribution in [0.1, 0.15) is 39.9 Å². The quantitative estimate of drug-likeness (QED) is 0.696. The lowest BCUT2D eigenvalue weighted by atomic mass is 9.90. The molecule has 0 bridgehead atoms. The molecule has 0 spiro atoms. The maximum atomic E-state index is 5.96. The molecule has 0 aliphatic rings. The summed E-state index contributed by atoms with van der Waals surface area (Å²) < 4.78 is 8.02. The molecule has 0 atom stereocenters. The third kappa shape index (κ3) is 3.52. The lowest BCUT2D eigenvalue weighted by Crippen LogP contribution is -2.20. The number of imidazole rings is 1. The number of para-hydroxylation sites is 1. The highest BCUT2D eigenvalue weighted by Crippen LogP contribution is 2.30. The summed E-state index contributed by atoms with van der Waals surface area (Å²) in [5.74, 6) is 2.49. The minimum absolute atomic E-state index is 0.232. The molecule has 0 aliphatic carbocycles. The average Bonchev–Trinajstić information content (AvgIpc) is 2.79.